The van der Waals surface area contributed by atoms with Crippen LogP contribution in [-0.4, -0.2) is 10.9 Å². The van der Waals surface area contributed by atoms with Gasteiger partial charge in [0.15, 0.2) is 5.13 Å². The number of carbonyl (C=O) groups excluding carboxylic acids is 1. The summed E-state index contributed by atoms with van der Waals surface area (Å²) in [7, 11) is 0. The zero-order valence-corrected chi connectivity index (χ0v) is 22.4. The van der Waals surface area contributed by atoms with Gasteiger partial charge in [-0.15, -0.1) is 11.3 Å². The van der Waals surface area contributed by atoms with Crippen LogP contribution in [0.3, 0.4) is 0 Å². The molecule has 1 heterocycles. The number of thiazole rings is 1. The summed E-state index contributed by atoms with van der Waals surface area (Å²) in [5.41, 5.74) is 3.57. The van der Waals surface area contributed by atoms with Gasteiger partial charge in [0.2, 0.25) is 5.91 Å². The van der Waals surface area contributed by atoms with Crippen molar-refractivity contribution in [1.29, 1.82) is 0 Å². The number of aromatic nitrogens is 1. The Kier molecular flexibility index (Phi) is 12.1. The van der Waals surface area contributed by atoms with Crippen LogP contribution in [0.4, 0.5) is 16.5 Å². The Morgan fingerprint density at radius 2 is 1.51 bits per heavy atom. The average molecular weight is 512 g/mol. The van der Waals surface area contributed by atoms with E-state index in [1.807, 2.05) is 53.9 Å². The second-order valence-electron chi connectivity index (χ2n) is 9.09. The Balaban J connectivity index is 1.36. The summed E-state index contributed by atoms with van der Waals surface area (Å²) in [4.78, 5) is 17.1. The van der Waals surface area contributed by atoms with Crippen LogP contribution in [0.2, 0.25) is 5.02 Å². The second-order valence-corrected chi connectivity index (χ2v) is 10.4. The van der Waals surface area contributed by atoms with Crippen LogP contribution >= 0.6 is 22.9 Å². The van der Waals surface area contributed by atoms with E-state index in [2.05, 4.69) is 22.5 Å². The molecule has 0 aliphatic heterocycles. The van der Waals surface area contributed by atoms with Gasteiger partial charge in [-0.05, 0) is 36.8 Å². The number of carbonyl (C=O) groups is 1. The van der Waals surface area contributed by atoms with Crippen molar-refractivity contribution in [2.45, 2.75) is 84.0 Å². The van der Waals surface area contributed by atoms with Gasteiger partial charge in [-0.2, -0.15) is 0 Å². The maximum absolute atomic E-state index is 12.4. The van der Waals surface area contributed by atoms with E-state index in [-0.39, 0.29) is 5.91 Å². The van der Waals surface area contributed by atoms with Crippen molar-refractivity contribution in [2.24, 2.45) is 0 Å². The third kappa shape index (κ3) is 10.4. The highest BCUT2D eigenvalue weighted by molar-refractivity contribution is 7.14. The first kappa shape index (κ1) is 27.2. The second kappa shape index (κ2) is 15.6. The highest BCUT2D eigenvalue weighted by atomic mass is 35.5. The van der Waals surface area contributed by atoms with Gasteiger partial charge in [-0.25, -0.2) is 4.98 Å². The summed E-state index contributed by atoms with van der Waals surface area (Å²) >= 11 is 7.60. The van der Waals surface area contributed by atoms with Crippen LogP contribution in [0.15, 0.2) is 53.9 Å². The van der Waals surface area contributed by atoms with E-state index >= 15 is 0 Å². The van der Waals surface area contributed by atoms with Gasteiger partial charge in [0.05, 0.1) is 5.69 Å². The van der Waals surface area contributed by atoms with Crippen molar-refractivity contribution in [3.8, 4) is 11.3 Å². The van der Waals surface area contributed by atoms with E-state index in [0.717, 1.165) is 40.6 Å². The number of hydrogen-bond donors (Lipinski definition) is 2. The van der Waals surface area contributed by atoms with Crippen LogP contribution in [0, 0.1) is 0 Å². The molecule has 0 unspecified atom stereocenters. The van der Waals surface area contributed by atoms with E-state index in [1.165, 1.54) is 69.1 Å². The summed E-state index contributed by atoms with van der Waals surface area (Å²) in [6.07, 6.45) is 14.7. The number of halogens is 1. The molecule has 1 aromatic heterocycles. The maximum atomic E-state index is 12.4. The molecule has 35 heavy (non-hydrogen) atoms. The summed E-state index contributed by atoms with van der Waals surface area (Å²) < 4.78 is 0. The van der Waals surface area contributed by atoms with Crippen molar-refractivity contribution in [2.75, 3.05) is 10.6 Å². The van der Waals surface area contributed by atoms with Crippen molar-refractivity contribution in [3.63, 3.8) is 0 Å². The van der Waals surface area contributed by atoms with Crippen LogP contribution in [0.25, 0.3) is 11.3 Å². The summed E-state index contributed by atoms with van der Waals surface area (Å²) in [6.45, 7) is 2.26. The largest absolute Gasteiger partial charge is 0.331 e. The molecule has 3 rings (SSSR count). The van der Waals surface area contributed by atoms with Crippen molar-refractivity contribution in [3.05, 3.63) is 58.9 Å². The third-order valence-electron chi connectivity index (χ3n) is 6.03. The number of nitrogens with zero attached hydrogens (tertiary/aromatic N) is 1. The molecule has 1 amide bonds. The molecule has 0 bridgehead atoms. The molecule has 0 radical (unpaired) electrons. The lowest BCUT2D eigenvalue weighted by atomic mass is 10.1. The number of hydrogen-bond acceptors (Lipinski definition) is 4. The van der Waals surface area contributed by atoms with E-state index in [1.54, 1.807) is 0 Å². The molecular formula is C29H38ClN3OS. The molecule has 0 spiro atoms. The van der Waals surface area contributed by atoms with Crippen molar-refractivity contribution < 1.29 is 4.79 Å². The van der Waals surface area contributed by atoms with Gasteiger partial charge in [-0.3, -0.25) is 4.79 Å². The average Bonchev–Trinajstić information content (AvgIpc) is 3.31. The predicted molar refractivity (Wildman–Crippen MR) is 152 cm³/mol. The third-order valence-corrected chi connectivity index (χ3v) is 7.02. The maximum Gasteiger partial charge on any atom is 0.224 e. The smallest absolute Gasteiger partial charge is 0.224 e. The molecule has 3 aromatic rings. The van der Waals surface area contributed by atoms with Crippen LogP contribution in [-0.2, 0) is 4.79 Å². The Morgan fingerprint density at radius 1 is 0.857 bits per heavy atom. The molecule has 0 atom stereocenters. The fourth-order valence-corrected chi connectivity index (χ4v) is 5.01. The minimum atomic E-state index is 0.0830. The topological polar surface area (TPSA) is 54.0 Å². The molecule has 6 heteroatoms. The molecular weight excluding hydrogens is 474 g/mol. The van der Waals surface area contributed by atoms with Gasteiger partial charge < -0.3 is 10.6 Å². The van der Waals surface area contributed by atoms with Crippen LogP contribution in [0.5, 0.6) is 0 Å². The number of unbranched alkanes of at least 4 members (excludes halogenated alkanes) is 10. The first-order valence-corrected chi connectivity index (χ1v) is 14.3. The zero-order chi connectivity index (χ0) is 24.7. The molecule has 0 aliphatic carbocycles. The quantitative estimate of drug-likeness (QED) is 0.188. The Bertz CT molecular complexity index is 1040. The number of nitrogens with one attached hydrogen (secondary N) is 2. The van der Waals surface area contributed by atoms with Gasteiger partial charge in [0.25, 0.3) is 0 Å². The number of rotatable bonds is 16. The first-order valence-electron chi connectivity index (χ1n) is 13.0. The van der Waals surface area contributed by atoms with Gasteiger partial charge >= 0.3 is 0 Å². The highest BCUT2D eigenvalue weighted by Crippen LogP contribution is 2.29. The minimum absolute atomic E-state index is 0.0830. The molecule has 0 aliphatic rings. The Morgan fingerprint density at radius 3 is 2.23 bits per heavy atom. The Labute approximate surface area is 219 Å². The van der Waals surface area contributed by atoms with Crippen molar-refractivity contribution >= 4 is 45.4 Å². The number of benzene rings is 2. The lowest BCUT2D eigenvalue weighted by Gasteiger charge is -2.07. The minimum Gasteiger partial charge on any atom is -0.331 e. The standard InChI is InChI=1S/C29H38ClN3OS/c1-2-3-4-5-6-7-8-9-10-11-12-19-28(34)31-25-17-13-15-23(20-25)27-22-35-29(33-27)32-26-18-14-16-24(30)21-26/h13-18,20-22H,2-12,19H2,1H3,(H,31,34)(H,32,33). The number of amides is 1. The highest BCUT2D eigenvalue weighted by Gasteiger charge is 2.08. The van der Waals surface area contributed by atoms with E-state index < -0.39 is 0 Å². The van der Waals surface area contributed by atoms with Gasteiger partial charge in [0, 0.05) is 33.8 Å². The SMILES string of the molecule is CCCCCCCCCCCCCC(=O)Nc1cccc(-c2csc(Nc3cccc(Cl)c3)n2)c1. The fourth-order valence-electron chi connectivity index (χ4n) is 4.08. The molecule has 0 saturated heterocycles. The predicted octanol–water partition coefficient (Wildman–Crippen LogP) is 9.85. The summed E-state index contributed by atoms with van der Waals surface area (Å²) in [5, 5.41) is 9.83. The molecule has 4 nitrogen and oxygen atoms in total. The van der Waals surface area contributed by atoms with E-state index in [9.17, 15) is 4.79 Å². The van der Waals surface area contributed by atoms with E-state index in [0.29, 0.717) is 11.4 Å². The van der Waals surface area contributed by atoms with Gasteiger partial charge in [0.1, 0.15) is 0 Å². The fraction of sp³-hybridized carbons (Fsp3) is 0.448. The summed E-state index contributed by atoms with van der Waals surface area (Å²) in [6, 6.07) is 15.5. The summed E-state index contributed by atoms with van der Waals surface area (Å²) in [5.74, 6) is 0.0830. The number of anilines is 3. The normalized spacial score (nSPS) is 10.9. The van der Waals surface area contributed by atoms with Gasteiger partial charge in [-0.1, -0.05) is 101 Å². The van der Waals surface area contributed by atoms with E-state index in [4.69, 9.17) is 11.6 Å². The zero-order valence-electron chi connectivity index (χ0n) is 20.8. The van der Waals surface area contributed by atoms with Crippen LogP contribution < -0.4 is 10.6 Å². The molecule has 2 aromatic carbocycles. The first-order chi connectivity index (χ1) is 17.1. The molecule has 0 saturated carbocycles. The van der Waals surface area contributed by atoms with Crippen molar-refractivity contribution in [1.82, 2.24) is 4.98 Å². The molecule has 2 N–H and O–H groups in total. The Hall–Kier alpha value is -2.37. The lowest BCUT2D eigenvalue weighted by Crippen LogP contribution is -2.11. The molecule has 188 valence electrons. The molecule has 0 fully saturated rings. The monoisotopic (exact) mass is 511 g/mol. The van der Waals surface area contributed by atoms with Crippen LogP contribution in [0.1, 0.15) is 84.0 Å². The lowest BCUT2D eigenvalue weighted by molar-refractivity contribution is -0.116.